The Bertz CT molecular complexity index is 1310. The van der Waals surface area contributed by atoms with Crippen molar-refractivity contribution in [2.24, 2.45) is 0 Å². The molecule has 0 spiro atoms. The van der Waals surface area contributed by atoms with Crippen molar-refractivity contribution in [2.75, 3.05) is 4.90 Å². The Morgan fingerprint density at radius 3 is 2.63 bits per heavy atom. The molecular formula is C22H16N2O5S. The zero-order valence-electron chi connectivity index (χ0n) is 16.1. The number of aryl methyl sites for hydroxylation is 2. The normalized spacial score (nSPS) is 16.8. The molecule has 4 aromatic rings. The van der Waals surface area contributed by atoms with E-state index in [1.54, 1.807) is 49.6 Å². The number of nitrogens with zero attached hydrogens (tertiary/aromatic N) is 2. The number of hydrogen-bond donors (Lipinski definition) is 1. The molecule has 150 valence electrons. The van der Waals surface area contributed by atoms with Crippen molar-refractivity contribution in [3.63, 3.8) is 0 Å². The lowest BCUT2D eigenvalue weighted by molar-refractivity contribution is -0.117. The van der Waals surface area contributed by atoms with Crippen LogP contribution in [-0.4, -0.2) is 21.8 Å². The number of amides is 1. The van der Waals surface area contributed by atoms with Gasteiger partial charge in [-0.25, -0.2) is 4.98 Å². The maximum atomic E-state index is 13.4. The van der Waals surface area contributed by atoms with Crippen LogP contribution in [0.1, 0.15) is 33.8 Å². The Kier molecular flexibility index (Phi) is 4.11. The second-order valence-corrected chi connectivity index (χ2v) is 7.87. The van der Waals surface area contributed by atoms with Gasteiger partial charge in [0.2, 0.25) is 5.78 Å². The van der Waals surface area contributed by atoms with Gasteiger partial charge in [0.05, 0.1) is 11.3 Å². The first-order chi connectivity index (χ1) is 14.4. The molecule has 1 atom stereocenters. The van der Waals surface area contributed by atoms with E-state index in [1.165, 1.54) is 16.2 Å². The molecule has 0 aliphatic carbocycles. The summed E-state index contributed by atoms with van der Waals surface area (Å²) in [5.74, 6) is -0.898. The number of Topliss-reactive ketones (excluding diaryl/α,β-unsaturated/α-hetero) is 1. The number of aliphatic hydroxyl groups is 1. The number of furan rings is 2. The number of aliphatic hydroxyl groups excluding tert-OH is 1. The molecule has 0 saturated heterocycles. The highest BCUT2D eigenvalue weighted by molar-refractivity contribution is 7.14. The largest absolute Gasteiger partial charge is 0.503 e. The summed E-state index contributed by atoms with van der Waals surface area (Å²) in [5.41, 5.74) is 1.18. The van der Waals surface area contributed by atoms with Crippen LogP contribution in [-0.2, 0) is 4.79 Å². The number of thiazole rings is 1. The average molecular weight is 420 g/mol. The van der Waals surface area contributed by atoms with Crippen LogP contribution >= 0.6 is 11.3 Å². The molecule has 5 rings (SSSR count). The van der Waals surface area contributed by atoms with Crippen molar-refractivity contribution < 1.29 is 23.5 Å². The fraction of sp³-hybridized carbons (Fsp3) is 0.136. The van der Waals surface area contributed by atoms with Gasteiger partial charge in [0, 0.05) is 10.8 Å². The van der Waals surface area contributed by atoms with Gasteiger partial charge in [-0.3, -0.25) is 14.5 Å². The van der Waals surface area contributed by atoms with Gasteiger partial charge < -0.3 is 13.9 Å². The first-order valence-corrected chi connectivity index (χ1v) is 10.1. The minimum absolute atomic E-state index is 0.0380. The Labute approximate surface area is 174 Å². The van der Waals surface area contributed by atoms with Crippen molar-refractivity contribution in [3.05, 3.63) is 82.2 Å². The highest BCUT2D eigenvalue weighted by atomic mass is 32.1. The predicted molar refractivity (Wildman–Crippen MR) is 111 cm³/mol. The molecule has 1 N–H and O–H groups in total. The number of anilines is 1. The number of fused-ring (bicyclic) bond motifs is 1. The molecular weight excluding hydrogens is 404 g/mol. The van der Waals surface area contributed by atoms with Crippen LogP contribution in [0.15, 0.2) is 68.0 Å². The molecule has 8 heteroatoms. The van der Waals surface area contributed by atoms with Gasteiger partial charge in [-0.05, 0) is 38.1 Å². The van der Waals surface area contributed by atoms with Crippen LogP contribution in [0.2, 0.25) is 0 Å². The Morgan fingerprint density at radius 1 is 1.17 bits per heavy atom. The number of hydrogen-bond acceptors (Lipinski definition) is 7. The number of carbonyl (C=O) groups excluding carboxylic acids is 2. The van der Waals surface area contributed by atoms with Gasteiger partial charge in [0.1, 0.15) is 23.1 Å². The van der Waals surface area contributed by atoms with Crippen LogP contribution in [0.5, 0.6) is 0 Å². The Hall–Kier alpha value is -3.65. The number of para-hydroxylation sites is 1. The molecule has 0 radical (unpaired) electrons. The van der Waals surface area contributed by atoms with E-state index in [-0.39, 0.29) is 11.3 Å². The van der Waals surface area contributed by atoms with E-state index in [4.69, 9.17) is 8.83 Å². The zero-order valence-corrected chi connectivity index (χ0v) is 16.9. The van der Waals surface area contributed by atoms with Crippen molar-refractivity contribution in [2.45, 2.75) is 19.9 Å². The molecule has 0 bridgehead atoms. The number of carbonyl (C=O) groups is 2. The third-order valence-corrected chi connectivity index (χ3v) is 5.90. The van der Waals surface area contributed by atoms with Gasteiger partial charge in [-0.15, -0.1) is 11.3 Å². The molecule has 7 nitrogen and oxygen atoms in total. The van der Waals surface area contributed by atoms with E-state index < -0.39 is 23.5 Å². The third kappa shape index (κ3) is 2.76. The molecule has 1 aromatic carbocycles. The average Bonchev–Trinajstić information content (AvgIpc) is 3.49. The van der Waals surface area contributed by atoms with E-state index in [2.05, 4.69) is 4.98 Å². The van der Waals surface area contributed by atoms with Crippen LogP contribution in [0, 0.1) is 13.8 Å². The lowest BCUT2D eigenvalue weighted by Gasteiger charge is -2.22. The van der Waals surface area contributed by atoms with Gasteiger partial charge in [0.25, 0.3) is 5.91 Å². The number of ketones is 1. The van der Waals surface area contributed by atoms with Crippen LogP contribution in [0.4, 0.5) is 5.13 Å². The maximum absolute atomic E-state index is 13.4. The summed E-state index contributed by atoms with van der Waals surface area (Å²) in [6.07, 6.45) is 0. The second-order valence-electron chi connectivity index (χ2n) is 7.04. The molecule has 0 fully saturated rings. The van der Waals surface area contributed by atoms with E-state index in [0.717, 1.165) is 11.1 Å². The Morgan fingerprint density at radius 2 is 1.97 bits per heavy atom. The van der Waals surface area contributed by atoms with Crippen LogP contribution < -0.4 is 4.90 Å². The smallest absolute Gasteiger partial charge is 0.296 e. The predicted octanol–water partition coefficient (Wildman–Crippen LogP) is 4.88. The highest BCUT2D eigenvalue weighted by Gasteiger charge is 2.47. The van der Waals surface area contributed by atoms with E-state index >= 15 is 0 Å². The van der Waals surface area contributed by atoms with Crippen molar-refractivity contribution in [1.29, 1.82) is 0 Å². The van der Waals surface area contributed by atoms with Gasteiger partial charge in [0.15, 0.2) is 16.7 Å². The minimum atomic E-state index is -0.947. The summed E-state index contributed by atoms with van der Waals surface area (Å²) in [6, 6.07) is 11.3. The fourth-order valence-electron chi connectivity index (χ4n) is 3.58. The van der Waals surface area contributed by atoms with Gasteiger partial charge >= 0.3 is 0 Å². The summed E-state index contributed by atoms with van der Waals surface area (Å²) in [6.45, 7) is 3.57. The maximum Gasteiger partial charge on any atom is 0.296 e. The molecule has 1 unspecified atom stereocenters. The van der Waals surface area contributed by atoms with E-state index in [1.807, 2.05) is 12.1 Å². The molecule has 3 aromatic heterocycles. The standard InChI is InChI=1S/C22H16N2O5S/c1-11-10-30-22(23-11)24-18(15-8-7-12(2)28-15)17(20(26)21(24)27)19(25)16-9-13-5-3-4-6-14(13)29-16/h3-10,18,26H,1-2H3. The zero-order chi connectivity index (χ0) is 21.0. The van der Waals surface area contributed by atoms with Crippen molar-refractivity contribution in [1.82, 2.24) is 4.98 Å². The molecule has 30 heavy (non-hydrogen) atoms. The van der Waals surface area contributed by atoms with Gasteiger partial charge in [-0.1, -0.05) is 18.2 Å². The van der Waals surface area contributed by atoms with Crippen LogP contribution in [0.3, 0.4) is 0 Å². The number of rotatable bonds is 4. The summed E-state index contributed by atoms with van der Waals surface area (Å²) < 4.78 is 11.4. The molecule has 0 saturated carbocycles. The quantitative estimate of drug-likeness (QED) is 0.473. The summed E-state index contributed by atoms with van der Waals surface area (Å²) in [5, 5.41) is 13.6. The Balaban J connectivity index is 1.66. The molecule has 1 amide bonds. The second kappa shape index (κ2) is 6.70. The topological polar surface area (TPSA) is 96.8 Å². The van der Waals surface area contributed by atoms with Crippen molar-refractivity contribution >= 4 is 39.1 Å². The molecule has 1 aliphatic heterocycles. The minimum Gasteiger partial charge on any atom is -0.503 e. The lowest BCUT2D eigenvalue weighted by atomic mass is 10.00. The number of benzene rings is 1. The monoisotopic (exact) mass is 420 g/mol. The summed E-state index contributed by atoms with van der Waals surface area (Å²) in [4.78, 5) is 32.0. The van der Waals surface area contributed by atoms with Crippen molar-refractivity contribution in [3.8, 4) is 0 Å². The first-order valence-electron chi connectivity index (χ1n) is 9.22. The number of aromatic nitrogens is 1. The summed E-state index contributed by atoms with van der Waals surface area (Å²) >= 11 is 1.25. The van der Waals surface area contributed by atoms with E-state index in [0.29, 0.717) is 22.2 Å². The van der Waals surface area contributed by atoms with E-state index in [9.17, 15) is 14.7 Å². The van der Waals surface area contributed by atoms with Gasteiger partial charge in [-0.2, -0.15) is 0 Å². The highest BCUT2D eigenvalue weighted by Crippen LogP contribution is 2.43. The third-order valence-electron chi connectivity index (χ3n) is 4.95. The molecule has 1 aliphatic rings. The summed E-state index contributed by atoms with van der Waals surface area (Å²) in [7, 11) is 0. The first kappa shape index (κ1) is 18.4. The molecule has 4 heterocycles. The SMILES string of the molecule is Cc1csc(N2C(=O)C(O)=C(C(=O)c3cc4ccccc4o3)C2c2ccc(C)o2)n1. The van der Waals surface area contributed by atoms with Crippen LogP contribution in [0.25, 0.3) is 11.0 Å². The fourth-order valence-corrected chi connectivity index (χ4v) is 4.41. The lowest BCUT2D eigenvalue weighted by Crippen LogP contribution is -2.30.